The molecule has 1 heterocycles. The largest absolute Gasteiger partial charge is 0.493 e. The van der Waals surface area contributed by atoms with E-state index in [0.29, 0.717) is 11.5 Å². The summed E-state index contributed by atoms with van der Waals surface area (Å²) in [6, 6.07) is 6.43. The molecular weight excluding hydrogens is 350 g/mol. The Morgan fingerprint density at radius 2 is 1.96 bits per heavy atom. The highest BCUT2D eigenvalue weighted by Gasteiger charge is 2.21. The van der Waals surface area contributed by atoms with Gasteiger partial charge in [0, 0.05) is 6.07 Å². The minimum Gasteiger partial charge on any atom is -0.493 e. The molecule has 1 atom stereocenters. The average Bonchev–Trinajstić information content (AvgIpc) is 3.33. The SMILES string of the molecule is COc1cc(C(C)NC(=O)c2cc(C(=O)O)co2)ccc1OC1CCCC1. The Morgan fingerprint density at radius 1 is 1.22 bits per heavy atom. The number of nitrogens with one attached hydrogen (secondary N) is 1. The normalized spacial score (nSPS) is 15.3. The first-order chi connectivity index (χ1) is 13.0. The number of aromatic carboxylic acids is 1. The lowest BCUT2D eigenvalue weighted by Gasteiger charge is -2.19. The Bertz CT molecular complexity index is 822. The van der Waals surface area contributed by atoms with Crippen molar-refractivity contribution < 1.29 is 28.6 Å². The number of carboxylic acids is 1. The van der Waals surface area contributed by atoms with Gasteiger partial charge >= 0.3 is 5.97 Å². The van der Waals surface area contributed by atoms with Gasteiger partial charge in [0.2, 0.25) is 0 Å². The van der Waals surface area contributed by atoms with E-state index in [-0.39, 0.29) is 23.5 Å². The molecule has 1 aromatic carbocycles. The van der Waals surface area contributed by atoms with Gasteiger partial charge < -0.3 is 24.3 Å². The van der Waals surface area contributed by atoms with Crippen molar-refractivity contribution in [1.29, 1.82) is 0 Å². The van der Waals surface area contributed by atoms with Crippen LogP contribution in [-0.2, 0) is 0 Å². The highest BCUT2D eigenvalue weighted by atomic mass is 16.5. The predicted octanol–water partition coefficient (Wildman–Crippen LogP) is 3.80. The summed E-state index contributed by atoms with van der Waals surface area (Å²) in [6.07, 6.45) is 5.75. The lowest BCUT2D eigenvalue weighted by atomic mass is 10.1. The first kappa shape index (κ1) is 18.8. The topological polar surface area (TPSA) is 98.0 Å². The Labute approximate surface area is 157 Å². The highest BCUT2D eigenvalue weighted by Crippen LogP contribution is 2.33. The van der Waals surface area contributed by atoms with E-state index in [1.165, 1.54) is 18.9 Å². The van der Waals surface area contributed by atoms with Crippen LogP contribution < -0.4 is 14.8 Å². The molecule has 1 amide bonds. The number of hydrogen-bond acceptors (Lipinski definition) is 5. The summed E-state index contributed by atoms with van der Waals surface area (Å²) in [4.78, 5) is 23.2. The molecule has 3 rings (SSSR count). The third-order valence-electron chi connectivity index (χ3n) is 4.70. The summed E-state index contributed by atoms with van der Waals surface area (Å²) in [7, 11) is 1.58. The monoisotopic (exact) mass is 373 g/mol. The van der Waals surface area contributed by atoms with Gasteiger partial charge in [-0.25, -0.2) is 4.79 Å². The molecular formula is C20H23NO6. The van der Waals surface area contributed by atoms with Crippen molar-refractivity contribution in [3.8, 4) is 11.5 Å². The molecule has 1 fully saturated rings. The molecule has 1 aliphatic rings. The summed E-state index contributed by atoms with van der Waals surface area (Å²) < 4.78 is 16.5. The quantitative estimate of drug-likeness (QED) is 0.766. The highest BCUT2D eigenvalue weighted by molar-refractivity contribution is 5.95. The van der Waals surface area contributed by atoms with Gasteiger partial charge in [-0.15, -0.1) is 0 Å². The van der Waals surface area contributed by atoms with E-state index in [0.717, 1.165) is 24.7 Å². The van der Waals surface area contributed by atoms with E-state index < -0.39 is 11.9 Å². The standard InChI is InChI=1S/C20H23NO6/c1-12(21-19(22)18-10-14(11-26-18)20(23)24)13-7-8-16(17(9-13)25-2)27-15-5-3-4-6-15/h7-12,15H,3-6H2,1-2H3,(H,21,22)(H,23,24). The van der Waals surface area contributed by atoms with Crippen molar-refractivity contribution in [1.82, 2.24) is 5.32 Å². The van der Waals surface area contributed by atoms with Crippen molar-refractivity contribution in [2.24, 2.45) is 0 Å². The second kappa shape index (κ2) is 8.16. The van der Waals surface area contributed by atoms with Crippen molar-refractivity contribution in [2.75, 3.05) is 7.11 Å². The number of hydrogen-bond donors (Lipinski definition) is 2. The van der Waals surface area contributed by atoms with Crippen LogP contribution in [0, 0.1) is 0 Å². The zero-order valence-corrected chi connectivity index (χ0v) is 15.4. The van der Waals surface area contributed by atoms with E-state index in [2.05, 4.69) is 5.32 Å². The lowest BCUT2D eigenvalue weighted by molar-refractivity contribution is 0.0695. The van der Waals surface area contributed by atoms with Crippen LogP contribution in [0.3, 0.4) is 0 Å². The zero-order valence-electron chi connectivity index (χ0n) is 15.4. The smallest absolute Gasteiger partial charge is 0.338 e. The maximum atomic E-state index is 12.3. The van der Waals surface area contributed by atoms with Crippen LogP contribution in [0.25, 0.3) is 0 Å². The number of amides is 1. The molecule has 0 aliphatic heterocycles. The Hall–Kier alpha value is -2.96. The molecule has 2 N–H and O–H groups in total. The molecule has 0 saturated heterocycles. The zero-order chi connectivity index (χ0) is 19.4. The molecule has 27 heavy (non-hydrogen) atoms. The molecule has 1 unspecified atom stereocenters. The van der Waals surface area contributed by atoms with Crippen LogP contribution in [0.2, 0.25) is 0 Å². The molecule has 1 aliphatic carbocycles. The van der Waals surface area contributed by atoms with Gasteiger partial charge in [-0.3, -0.25) is 4.79 Å². The lowest BCUT2D eigenvalue weighted by Crippen LogP contribution is -2.26. The van der Waals surface area contributed by atoms with Gasteiger partial charge in [-0.1, -0.05) is 6.07 Å². The Kier molecular flexibility index (Phi) is 5.69. The maximum absolute atomic E-state index is 12.3. The van der Waals surface area contributed by atoms with Gasteiger partial charge in [0.15, 0.2) is 17.3 Å². The van der Waals surface area contributed by atoms with E-state index in [1.54, 1.807) is 7.11 Å². The first-order valence-electron chi connectivity index (χ1n) is 8.95. The summed E-state index contributed by atoms with van der Waals surface area (Å²) in [5.74, 6) is -0.364. The number of carbonyl (C=O) groups is 2. The van der Waals surface area contributed by atoms with Crippen molar-refractivity contribution in [3.63, 3.8) is 0 Å². The number of benzene rings is 1. The first-order valence-corrected chi connectivity index (χ1v) is 8.95. The summed E-state index contributed by atoms with van der Waals surface area (Å²) in [6.45, 7) is 1.82. The number of carboxylic acid groups (broad SMARTS) is 1. The van der Waals surface area contributed by atoms with Gasteiger partial charge in [0.05, 0.1) is 24.8 Å². The molecule has 1 aromatic heterocycles. The maximum Gasteiger partial charge on any atom is 0.338 e. The molecule has 0 bridgehead atoms. The van der Waals surface area contributed by atoms with Crippen LogP contribution in [-0.4, -0.2) is 30.2 Å². The Morgan fingerprint density at radius 3 is 2.59 bits per heavy atom. The fourth-order valence-electron chi connectivity index (χ4n) is 3.16. The van der Waals surface area contributed by atoms with Gasteiger partial charge in [-0.05, 0) is 50.3 Å². The number of rotatable bonds is 7. The van der Waals surface area contributed by atoms with Crippen LogP contribution in [0.5, 0.6) is 11.5 Å². The third kappa shape index (κ3) is 4.42. The van der Waals surface area contributed by atoms with Crippen molar-refractivity contribution >= 4 is 11.9 Å². The van der Waals surface area contributed by atoms with Crippen LogP contribution >= 0.6 is 0 Å². The molecule has 7 heteroatoms. The number of methoxy groups -OCH3 is 1. The third-order valence-corrected chi connectivity index (χ3v) is 4.70. The summed E-state index contributed by atoms with van der Waals surface area (Å²) in [5.41, 5.74) is 0.770. The van der Waals surface area contributed by atoms with Crippen molar-refractivity contribution in [3.05, 3.63) is 47.4 Å². The van der Waals surface area contributed by atoms with E-state index >= 15 is 0 Å². The van der Waals surface area contributed by atoms with Gasteiger partial charge in [-0.2, -0.15) is 0 Å². The fourth-order valence-corrected chi connectivity index (χ4v) is 3.16. The molecule has 0 radical (unpaired) electrons. The minimum atomic E-state index is -1.14. The second-order valence-electron chi connectivity index (χ2n) is 6.63. The van der Waals surface area contributed by atoms with E-state index in [1.807, 2.05) is 25.1 Å². The predicted molar refractivity (Wildman–Crippen MR) is 97.4 cm³/mol. The fraction of sp³-hybridized carbons (Fsp3) is 0.400. The average molecular weight is 373 g/mol. The summed E-state index contributed by atoms with van der Waals surface area (Å²) in [5, 5.41) is 11.7. The van der Waals surface area contributed by atoms with Gasteiger partial charge in [0.25, 0.3) is 5.91 Å². The van der Waals surface area contributed by atoms with Crippen molar-refractivity contribution in [2.45, 2.75) is 44.8 Å². The van der Waals surface area contributed by atoms with Crippen LogP contribution in [0.15, 0.2) is 34.9 Å². The Balaban J connectivity index is 1.68. The van der Waals surface area contributed by atoms with Crippen LogP contribution in [0.4, 0.5) is 0 Å². The van der Waals surface area contributed by atoms with E-state index in [4.69, 9.17) is 19.0 Å². The number of ether oxygens (including phenoxy) is 2. The molecule has 1 saturated carbocycles. The summed E-state index contributed by atoms with van der Waals surface area (Å²) >= 11 is 0. The number of carbonyl (C=O) groups excluding carboxylic acids is 1. The van der Waals surface area contributed by atoms with Crippen LogP contribution in [0.1, 0.15) is 65.1 Å². The molecule has 0 spiro atoms. The van der Waals surface area contributed by atoms with Gasteiger partial charge in [0.1, 0.15) is 6.26 Å². The minimum absolute atomic E-state index is 0.0487. The second-order valence-corrected chi connectivity index (χ2v) is 6.63. The molecule has 7 nitrogen and oxygen atoms in total. The molecule has 144 valence electrons. The molecule has 2 aromatic rings. The van der Waals surface area contributed by atoms with E-state index in [9.17, 15) is 9.59 Å². The number of furan rings is 1.